The summed E-state index contributed by atoms with van der Waals surface area (Å²) in [5.74, 6) is -0.277. The molecule has 0 aliphatic rings. The standard InChI is InChI=1S/C18H17N3O2/c1-12-6-5-8-15(10-12)20-17(22)13(2)21-18(23)16-9-4-3-7-14(16)11-19-21/h3-11,13H,1-2H3,(H,20,22)/t13-/m1/s1. The average molecular weight is 307 g/mol. The molecule has 0 unspecified atom stereocenters. The highest BCUT2D eigenvalue weighted by molar-refractivity contribution is 5.93. The summed E-state index contributed by atoms with van der Waals surface area (Å²) in [6.07, 6.45) is 1.60. The molecule has 1 aromatic heterocycles. The molecule has 0 aliphatic heterocycles. The Bertz CT molecular complexity index is 931. The van der Waals surface area contributed by atoms with Crippen molar-refractivity contribution in [2.24, 2.45) is 0 Å². The summed E-state index contributed by atoms with van der Waals surface area (Å²) >= 11 is 0. The minimum absolute atomic E-state index is 0.269. The van der Waals surface area contributed by atoms with E-state index in [2.05, 4.69) is 10.4 Å². The summed E-state index contributed by atoms with van der Waals surface area (Å²) in [6, 6.07) is 14.0. The van der Waals surface area contributed by atoms with E-state index < -0.39 is 6.04 Å². The number of aromatic nitrogens is 2. The molecule has 0 saturated heterocycles. The largest absolute Gasteiger partial charge is 0.324 e. The summed E-state index contributed by atoms with van der Waals surface area (Å²) < 4.78 is 1.22. The monoisotopic (exact) mass is 307 g/mol. The first kappa shape index (κ1) is 15.0. The molecular weight excluding hydrogens is 290 g/mol. The Morgan fingerprint density at radius 1 is 1.17 bits per heavy atom. The van der Waals surface area contributed by atoms with Gasteiger partial charge in [0.05, 0.1) is 11.6 Å². The fourth-order valence-corrected chi connectivity index (χ4v) is 2.46. The van der Waals surface area contributed by atoms with Crippen LogP contribution in [-0.2, 0) is 4.79 Å². The molecule has 0 spiro atoms. The Balaban J connectivity index is 1.90. The Morgan fingerprint density at radius 2 is 1.96 bits per heavy atom. The molecule has 1 N–H and O–H groups in total. The highest BCUT2D eigenvalue weighted by atomic mass is 16.2. The second-order valence-corrected chi connectivity index (χ2v) is 5.52. The number of carbonyl (C=O) groups is 1. The predicted octanol–water partition coefficient (Wildman–Crippen LogP) is 2.90. The van der Waals surface area contributed by atoms with E-state index in [4.69, 9.17) is 0 Å². The second kappa shape index (κ2) is 6.04. The van der Waals surface area contributed by atoms with E-state index in [0.29, 0.717) is 11.1 Å². The first-order chi connectivity index (χ1) is 11.1. The lowest BCUT2D eigenvalue weighted by Gasteiger charge is -2.14. The number of rotatable bonds is 3. The van der Waals surface area contributed by atoms with E-state index in [1.807, 2.05) is 43.3 Å². The highest BCUT2D eigenvalue weighted by Gasteiger charge is 2.18. The van der Waals surface area contributed by atoms with E-state index in [1.165, 1.54) is 4.68 Å². The normalized spacial score (nSPS) is 12.1. The van der Waals surface area contributed by atoms with Gasteiger partial charge in [-0.3, -0.25) is 9.59 Å². The van der Waals surface area contributed by atoms with E-state index in [1.54, 1.807) is 25.3 Å². The number of nitrogens with one attached hydrogen (secondary N) is 1. The van der Waals surface area contributed by atoms with Crippen molar-refractivity contribution in [3.05, 3.63) is 70.6 Å². The molecule has 1 atom stereocenters. The molecule has 3 aromatic rings. The molecule has 116 valence electrons. The summed E-state index contributed by atoms with van der Waals surface area (Å²) in [5.41, 5.74) is 1.49. The fourth-order valence-electron chi connectivity index (χ4n) is 2.46. The maximum absolute atomic E-state index is 12.5. The van der Waals surface area contributed by atoms with Crippen molar-refractivity contribution in [2.45, 2.75) is 19.9 Å². The van der Waals surface area contributed by atoms with Gasteiger partial charge in [-0.1, -0.05) is 30.3 Å². The lowest BCUT2D eigenvalue weighted by atomic mass is 10.2. The Morgan fingerprint density at radius 3 is 2.74 bits per heavy atom. The Hall–Kier alpha value is -2.95. The van der Waals surface area contributed by atoms with Crippen molar-refractivity contribution in [1.82, 2.24) is 9.78 Å². The number of benzene rings is 2. The molecule has 5 nitrogen and oxygen atoms in total. The third-order valence-corrected chi connectivity index (χ3v) is 3.75. The van der Waals surface area contributed by atoms with Crippen LogP contribution in [0.25, 0.3) is 10.8 Å². The van der Waals surface area contributed by atoms with Crippen LogP contribution in [0.3, 0.4) is 0 Å². The van der Waals surface area contributed by atoms with Crippen LogP contribution in [0.1, 0.15) is 18.5 Å². The number of hydrogen-bond acceptors (Lipinski definition) is 3. The van der Waals surface area contributed by atoms with Crippen molar-refractivity contribution in [3.8, 4) is 0 Å². The van der Waals surface area contributed by atoms with Gasteiger partial charge in [0, 0.05) is 11.1 Å². The molecule has 1 amide bonds. The van der Waals surface area contributed by atoms with Crippen LogP contribution in [-0.4, -0.2) is 15.7 Å². The zero-order valence-corrected chi connectivity index (χ0v) is 13.0. The van der Waals surface area contributed by atoms with Gasteiger partial charge in [-0.2, -0.15) is 5.10 Å². The van der Waals surface area contributed by atoms with Gasteiger partial charge in [0.1, 0.15) is 6.04 Å². The van der Waals surface area contributed by atoms with Crippen LogP contribution in [0.4, 0.5) is 5.69 Å². The predicted molar refractivity (Wildman–Crippen MR) is 90.5 cm³/mol. The molecular formula is C18H17N3O2. The molecule has 23 heavy (non-hydrogen) atoms. The van der Waals surface area contributed by atoms with Gasteiger partial charge in [0.15, 0.2) is 0 Å². The molecule has 5 heteroatoms. The van der Waals surface area contributed by atoms with Gasteiger partial charge in [-0.15, -0.1) is 0 Å². The van der Waals surface area contributed by atoms with E-state index >= 15 is 0 Å². The van der Waals surface area contributed by atoms with Gasteiger partial charge in [-0.05, 0) is 37.6 Å². The minimum Gasteiger partial charge on any atom is -0.324 e. The molecule has 0 aliphatic carbocycles. The smallest absolute Gasteiger partial charge is 0.275 e. The number of hydrogen-bond donors (Lipinski definition) is 1. The maximum atomic E-state index is 12.5. The number of anilines is 1. The van der Waals surface area contributed by atoms with Crippen molar-refractivity contribution >= 4 is 22.4 Å². The lowest BCUT2D eigenvalue weighted by Crippen LogP contribution is -2.33. The molecule has 2 aromatic carbocycles. The van der Waals surface area contributed by atoms with E-state index in [0.717, 1.165) is 10.9 Å². The van der Waals surface area contributed by atoms with Crippen molar-refractivity contribution < 1.29 is 4.79 Å². The van der Waals surface area contributed by atoms with Crippen LogP contribution in [0, 0.1) is 6.92 Å². The van der Waals surface area contributed by atoms with E-state index in [9.17, 15) is 9.59 Å². The maximum Gasteiger partial charge on any atom is 0.275 e. The SMILES string of the molecule is Cc1cccc(NC(=O)[C@@H](C)n2ncc3ccccc3c2=O)c1. The number of amides is 1. The third-order valence-electron chi connectivity index (χ3n) is 3.75. The summed E-state index contributed by atoms with van der Waals surface area (Å²) in [6.45, 7) is 3.61. The molecule has 0 fully saturated rings. The zero-order chi connectivity index (χ0) is 16.4. The Labute approximate surface area is 133 Å². The van der Waals surface area contributed by atoms with Gasteiger partial charge >= 0.3 is 0 Å². The number of fused-ring (bicyclic) bond motifs is 1. The second-order valence-electron chi connectivity index (χ2n) is 5.52. The fraction of sp³-hybridized carbons (Fsp3) is 0.167. The van der Waals surface area contributed by atoms with Gasteiger partial charge in [0.25, 0.3) is 5.56 Å². The molecule has 3 rings (SSSR count). The quantitative estimate of drug-likeness (QED) is 0.809. The summed E-state index contributed by atoms with van der Waals surface area (Å²) in [7, 11) is 0. The first-order valence-electron chi connectivity index (χ1n) is 7.40. The van der Waals surface area contributed by atoms with Crippen molar-refractivity contribution in [1.29, 1.82) is 0 Å². The van der Waals surface area contributed by atoms with Gasteiger partial charge in [0.2, 0.25) is 5.91 Å². The average Bonchev–Trinajstić information content (AvgIpc) is 2.55. The topological polar surface area (TPSA) is 64.0 Å². The zero-order valence-electron chi connectivity index (χ0n) is 13.0. The van der Waals surface area contributed by atoms with Crippen LogP contribution < -0.4 is 10.9 Å². The first-order valence-corrected chi connectivity index (χ1v) is 7.40. The van der Waals surface area contributed by atoms with Crippen LogP contribution in [0.5, 0.6) is 0 Å². The van der Waals surface area contributed by atoms with Crippen molar-refractivity contribution in [3.63, 3.8) is 0 Å². The van der Waals surface area contributed by atoms with Crippen LogP contribution in [0.2, 0.25) is 0 Å². The third kappa shape index (κ3) is 2.99. The Kier molecular flexibility index (Phi) is 3.93. The summed E-state index contributed by atoms with van der Waals surface area (Å²) in [5, 5.41) is 8.26. The molecule has 0 saturated carbocycles. The molecule has 0 bridgehead atoms. The lowest BCUT2D eigenvalue weighted by molar-refractivity contribution is -0.119. The summed E-state index contributed by atoms with van der Waals surface area (Å²) in [4.78, 5) is 24.9. The number of aryl methyl sites for hydroxylation is 1. The highest BCUT2D eigenvalue weighted by Crippen LogP contribution is 2.13. The molecule has 1 heterocycles. The van der Waals surface area contributed by atoms with Crippen LogP contribution >= 0.6 is 0 Å². The minimum atomic E-state index is -0.701. The van der Waals surface area contributed by atoms with Gasteiger partial charge < -0.3 is 5.32 Å². The number of carbonyl (C=O) groups excluding carboxylic acids is 1. The van der Waals surface area contributed by atoms with Crippen molar-refractivity contribution in [2.75, 3.05) is 5.32 Å². The van der Waals surface area contributed by atoms with E-state index in [-0.39, 0.29) is 11.5 Å². The molecule has 0 radical (unpaired) electrons. The van der Waals surface area contributed by atoms with Crippen LogP contribution in [0.15, 0.2) is 59.5 Å². The number of nitrogens with zero attached hydrogens (tertiary/aromatic N) is 2. The van der Waals surface area contributed by atoms with Gasteiger partial charge in [-0.25, -0.2) is 4.68 Å².